The molecule has 0 aliphatic heterocycles. The van der Waals surface area contributed by atoms with Crippen LogP contribution in [-0.4, -0.2) is 17.3 Å². The minimum atomic E-state index is 0.248. The van der Waals surface area contributed by atoms with Gasteiger partial charge in [-0.25, -0.2) is 0 Å². The molecule has 62 valence electrons. The van der Waals surface area contributed by atoms with E-state index < -0.39 is 0 Å². The second-order valence-electron chi connectivity index (χ2n) is 1.99. The van der Waals surface area contributed by atoms with Gasteiger partial charge in [-0.3, -0.25) is 0 Å². The first-order chi connectivity index (χ1) is 5.20. The van der Waals surface area contributed by atoms with Crippen molar-refractivity contribution in [3.63, 3.8) is 0 Å². The fourth-order valence-corrected chi connectivity index (χ4v) is 0.773. The van der Waals surface area contributed by atoms with Gasteiger partial charge in [0.25, 0.3) is 0 Å². The van der Waals surface area contributed by atoms with Crippen molar-refractivity contribution in [2.24, 2.45) is 0 Å². The van der Waals surface area contributed by atoms with E-state index in [1.54, 1.807) is 12.1 Å². The van der Waals surface area contributed by atoms with Gasteiger partial charge in [0.05, 0.1) is 0 Å². The molecule has 0 atom stereocenters. The Kier molecular flexibility index (Phi) is 4.74. The third kappa shape index (κ3) is 3.30. The quantitative estimate of drug-likeness (QED) is 0.520. The monoisotopic (exact) mass is 172 g/mol. The number of benzene rings is 1. The van der Waals surface area contributed by atoms with Crippen LogP contribution in [0.2, 0.25) is 0 Å². The maximum atomic E-state index is 9.02. The third-order valence-electron chi connectivity index (χ3n) is 1.13. The predicted octanol–water partition coefficient (Wildman–Crippen LogP) is 1.60. The van der Waals surface area contributed by atoms with E-state index >= 15 is 0 Å². The molecule has 11 heavy (non-hydrogen) atoms. The number of hydrogen-bond donors (Lipinski definition) is 3. The first kappa shape index (κ1) is 10.3. The second kappa shape index (κ2) is 5.04. The lowest BCUT2D eigenvalue weighted by Gasteiger charge is -1.96. The molecule has 0 saturated carbocycles. The number of aliphatic hydroxyl groups is 1. The Labute approximate surface area is 71.9 Å². The van der Waals surface area contributed by atoms with E-state index in [2.05, 4.69) is 12.6 Å². The van der Waals surface area contributed by atoms with E-state index in [1.807, 2.05) is 13.0 Å². The molecule has 0 saturated heterocycles. The summed E-state index contributed by atoms with van der Waals surface area (Å²) in [5.41, 5.74) is 1.05. The Morgan fingerprint density at radius 3 is 2.18 bits per heavy atom. The SMILES string of the molecule is CO.Cc1ccc(S)c(O)c1. The van der Waals surface area contributed by atoms with Gasteiger partial charge in [-0.1, -0.05) is 6.07 Å². The van der Waals surface area contributed by atoms with E-state index in [9.17, 15) is 0 Å². The molecule has 2 nitrogen and oxygen atoms in total. The first-order valence-corrected chi connectivity index (χ1v) is 3.58. The Balaban J connectivity index is 0.000000461. The van der Waals surface area contributed by atoms with E-state index in [4.69, 9.17) is 10.2 Å². The van der Waals surface area contributed by atoms with Gasteiger partial charge in [0, 0.05) is 12.0 Å². The summed E-state index contributed by atoms with van der Waals surface area (Å²) in [7, 11) is 1.00. The molecule has 0 aromatic heterocycles. The molecule has 0 aliphatic rings. The summed E-state index contributed by atoms with van der Waals surface area (Å²) in [6.45, 7) is 1.92. The first-order valence-electron chi connectivity index (χ1n) is 3.13. The molecule has 1 rings (SSSR count). The predicted molar refractivity (Wildman–Crippen MR) is 48.2 cm³/mol. The molecule has 1 aromatic carbocycles. The molecule has 0 fully saturated rings. The van der Waals surface area contributed by atoms with Crippen molar-refractivity contribution >= 4 is 12.6 Å². The lowest BCUT2D eigenvalue weighted by atomic mass is 10.2. The van der Waals surface area contributed by atoms with Gasteiger partial charge in [-0.2, -0.15) is 0 Å². The molecule has 2 N–H and O–H groups in total. The number of hydrogen-bond acceptors (Lipinski definition) is 3. The van der Waals surface area contributed by atoms with Crippen LogP contribution in [0.1, 0.15) is 5.56 Å². The third-order valence-corrected chi connectivity index (χ3v) is 1.51. The van der Waals surface area contributed by atoms with Crippen LogP contribution in [0.25, 0.3) is 0 Å². The fourth-order valence-electron chi connectivity index (χ4n) is 0.633. The zero-order valence-corrected chi connectivity index (χ0v) is 7.47. The molecule has 0 bridgehead atoms. The molecule has 0 radical (unpaired) electrons. The number of aliphatic hydroxyl groups excluding tert-OH is 1. The highest BCUT2D eigenvalue weighted by atomic mass is 32.1. The zero-order valence-electron chi connectivity index (χ0n) is 6.57. The number of aromatic hydroxyl groups is 1. The summed E-state index contributed by atoms with van der Waals surface area (Å²) in [6.07, 6.45) is 0. The van der Waals surface area contributed by atoms with E-state index in [0.29, 0.717) is 4.90 Å². The molecule has 3 heteroatoms. The van der Waals surface area contributed by atoms with Crippen molar-refractivity contribution in [1.29, 1.82) is 0 Å². The topological polar surface area (TPSA) is 40.5 Å². The summed E-state index contributed by atoms with van der Waals surface area (Å²) >= 11 is 4.00. The smallest absolute Gasteiger partial charge is 0.129 e. The van der Waals surface area contributed by atoms with Crippen LogP contribution >= 0.6 is 12.6 Å². The number of thiol groups is 1. The Morgan fingerprint density at radius 1 is 1.27 bits per heavy atom. The second-order valence-corrected chi connectivity index (χ2v) is 2.47. The van der Waals surface area contributed by atoms with Crippen LogP contribution < -0.4 is 0 Å². The van der Waals surface area contributed by atoms with Crippen LogP contribution in [0, 0.1) is 6.92 Å². The molecule has 0 heterocycles. The van der Waals surface area contributed by atoms with Crippen molar-refractivity contribution < 1.29 is 10.2 Å². The normalized spacial score (nSPS) is 8.36. The highest BCUT2D eigenvalue weighted by Crippen LogP contribution is 2.20. The van der Waals surface area contributed by atoms with Crippen molar-refractivity contribution in [2.75, 3.05) is 7.11 Å². The minimum absolute atomic E-state index is 0.248. The maximum Gasteiger partial charge on any atom is 0.129 e. The summed E-state index contributed by atoms with van der Waals surface area (Å²) in [6, 6.07) is 5.36. The van der Waals surface area contributed by atoms with Crippen molar-refractivity contribution in [2.45, 2.75) is 11.8 Å². The van der Waals surface area contributed by atoms with Crippen LogP contribution in [0.4, 0.5) is 0 Å². The minimum Gasteiger partial charge on any atom is -0.507 e. The lowest BCUT2D eigenvalue weighted by Crippen LogP contribution is -1.71. The average molecular weight is 172 g/mol. The molecular weight excluding hydrogens is 160 g/mol. The van der Waals surface area contributed by atoms with Crippen molar-refractivity contribution in [1.82, 2.24) is 0 Å². The maximum absolute atomic E-state index is 9.02. The van der Waals surface area contributed by atoms with E-state index in [0.717, 1.165) is 12.7 Å². The van der Waals surface area contributed by atoms with Crippen LogP contribution in [0.5, 0.6) is 5.75 Å². The molecule has 0 amide bonds. The Morgan fingerprint density at radius 2 is 1.82 bits per heavy atom. The number of phenolic OH excluding ortho intramolecular Hbond substituents is 1. The zero-order chi connectivity index (χ0) is 8.85. The highest BCUT2D eigenvalue weighted by molar-refractivity contribution is 7.80. The van der Waals surface area contributed by atoms with Gasteiger partial charge in [0.1, 0.15) is 5.75 Å². The summed E-state index contributed by atoms with van der Waals surface area (Å²) in [4.78, 5) is 0.626. The van der Waals surface area contributed by atoms with E-state index in [-0.39, 0.29) is 5.75 Å². The largest absolute Gasteiger partial charge is 0.507 e. The van der Waals surface area contributed by atoms with E-state index in [1.165, 1.54) is 0 Å². The summed E-state index contributed by atoms with van der Waals surface area (Å²) in [5.74, 6) is 0.248. The molecule has 0 unspecified atom stereocenters. The van der Waals surface area contributed by atoms with Gasteiger partial charge in [0.2, 0.25) is 0 Å². The molecule has 1 aromatic rings. The highest BCUT2D eigenvalue weighted by Gasteiger charge is 1.92. The average Bonchev–Trinajstić information content (AvgIpc) is 2.02. The number of aryl methyl sites for hydroxylation is 1. The Hall–Kier alpha value is -0.670. The van der Waals surface area contributed by atoms with Gasteiger partial charge in [0.15, 0.2) is 0 Å². The lowest BCUT2D eigenvalue weighted by molar-refractivity contribution is 0.399. The fraction of sp³-hybridized carbons (Fsp3) is 0.250. The van der Waals surface area contributed by atoms with Crippen LogP contribution in [-0.2, 0) is 0 Å². The summed E-state index contributed by atoms with van der Waals surface area (Å²) < 4.78 is 0. The van der Waals surface area contributed by atoms with Crippen molar-refractivity contribution in [3.8, 4) is 5.75 Å². The molecule has 0 aliphatic carbocycles. The summed E-state index contributed by atoms with van der Waals surface area (Å²) in [5, 5.41) is 16.0. The van der Waals surface area contributed by atoms with Gasteiger partial charge >= 0.3 is 0 Å². The van der Waals surface area contributed by atoms with Gasteiger partial charge < -0.3 is 10.2 Å². The van der Waals surface area contributed by atoms with Gasteiger partial charge in [-0.15, -0.1) is 12.6 Å². The van der Waals surface area contributed by atoms with Crippen LogP contribution in [0.15, 0.2) is 23.1 Å². The Bertz CT molecular complexity index is 223. The number of rotatable bonds is 0. The molecular formula is C8H12O2S. The van der Waals surface area contributed by atoms with Gasteiger partial charge in [-0.05, 0) is 24.6 Å². The standard InChI is InChI=1S/C7H8OS.CH4O/c1-5-2-3-7(9)6(8)4-5;1-2/h2-4,8-9H,1H3;2H,1H3. The number of phenols is 1. The molecule has 0 spiro atoms. The van der Waals surface area contributed by atoms with Crippen LogP contribution in [0.3, 0.4) is 0 Å². The van der Waals surface area contributed by atoms with Crippen molar-refractivity contribution in [3.05, 3.63) is 23.8 Å².